The average Bonchev–Trinajstić information content (AvgIpc) is 3.10. The number of rotatable bonds is 5. The van der Waals surface area contributed by atoms with Crippen molar-refractivity contribution in [1.82, 2.24) is 19.8 Å². The van der Waals surface area contributed by atoms with Crippen LogP contribution in [0, 0.1) is 0 Å². The van der Waals surface area contributed by atoms with Crippen LogP contribution in [0.25, 0.3) is 16.9 Å². The maximum atomic E-state index is 5.94. The Morgan fingerprint density at radius 3 is 2.62 bits per heavy atom. The van der Waals surface area contributed by atoms with Crippen LogP contribution in [-0.4, -0.2) is 26.9 Å². The zero-order valence-electron chi connectivity index (χ0n) is 14.0. The first-order chi connectivity index (χ1) is 12.7. The molecule has 26 heavy (non-hydrogen) atoms. The molecule has 2 aromatic carbocycles. The van der Waals surface area contributed by atoms with Gasteiger partial charge in [-0.15, -0.1) is 10.2 Å². The Labute approximate surface area is 160 Å². The highest BCUT2D eigenvalue weighted by atomic mass is 35.5. The number of methoxy groups -OCH3 is 1. The number of para-hydroxylation sites is 1. The van der Waals surface area contributed by atoms with Crippen molar-refractivity contribution < 1.29 is 4.74 Å². The van der Waals surface area contributed by atoms with E-state index in [9.17, 15) is 0 Å². The molecular weight excluding hydrogens is 368 g/mol. The number of thioether (sulfide) groups is 1. The molecule has 4 aromatic rings. The summed E-state index contributed by atoms with van der Waals surface area (Å²) in [5.74, 6) is 1.54. The van der Waals surface area contributed by atoms with E-state index in [1.165, 1.54) is 0 Å². The van der Waals surface area contributed by atoms with Crippen molar-refractivity contribution in [2.45, 2.75) is 10.9 Å². The molecule has 0 spiro atoms. The summed E-state index contributed by atoms with van der Waals surface area (Å²) in [6, 6.07) is 19.4. The number of fused-ring (bicyclic) bond motifs is 1. The lowest BCUT2D eigenvalue weighted by Gasteiger charge is -2.08. The third kappa shape index (κ3) is 3.38. The second kappa shape index (κ2) is 7.35. The van der Waals surface area contributed by atoms with Gasteiger partial charge in [-0.2, -0.15) is 9.61 Å². The van der Waals surface area contributed by atoms with Gasteiger partial charge in [-0.1, -0.05) is 47.6 Å². The lowest BCUT2D eigenvalue weighted by Crippen LogP contribution is -1.98. The molecule has 0 unspecified atom stereocenters. The molecule has 0 saturated heterocycles. The van der Waals surface area contributed by atoms with Crippen LogP contribution in [0.15, 0.2) is 65.8 Å². The summed E-state index contributed by atoms with van der Waals surface area (Å²) in [5, 5.41) is 14.6. The minimum Gasteiger partial charge on any atom is -0.496 e. The fraction of sp³-hybridized carbons (Fsp3) is 0.105. The van der Waals surface area contributed by atoms with Crippen molar-refractivity contribution in [1.29, 1.82) is 0 Å². The standard InChI is InChI=1S/C19H15ClN4OS/c1-25-17-5-3-2-4-15(17)16-10-11-18-21-22-19(24(18)23-16)26-12-13-6-8-14(20)9-7-13/h2-11H,12H2,1H3. The normalized spacial score (nSPS) is 11.0. The molecule has 2 heterocycles. The van der Waals surface area contributed by atoms with Gasteiger partial charge in [-0.25, -0.2) is 0 Å². The molecule has 0 aliphatic heterocycles. The predicted octanol–water partition coefficient (Wildman–Crippen LogP) is 4.75. The Balaban J connectivity index is 1.65. The first-order valence-corrected chi connectivity index (χ1v) is 9.34. The second-order valence-corrected chi connectivity index (χ2v) is 6.97. The topological polar surface area (TPSA) is 52.3 Å². The molecule has 0 amide bonds. The molecule has 4 rings (SSSR count). The summed E-state index contributed by atoms with van der Waals surface area (Å²) >= 11 is 7.52. The van der Waals surface area contributed by atoms with E-state index in [1.807, 2.05) is 60.7 Å². The molecule has 0 aliphatic carbocycles. The molecule has 0 saturated carbocycles. The van der Waals surface area contributed by atoms with E-state index in [-0.39, 0.29) is 0 Å². The number of hydrogen-bond donors (Lipinski definition) is 0. The van der Waals surface area contributed by atoms with Crippen LogP contribution in [0.4, 0.5) is 0 Å². The highest BCUT2D eigenvalue weighted by Crippen LogP contribution is 2.29. The van der Waals surface area contributed by atoms with Crippen LogP contribution in [0.1, 0.15) is 5.56 Å². The zero-order valence-corrected chi connectivity index (χ0v) is 15.5. The molecule has 7 heteroatoms. The van der Waals surface area contributed by atoms with Crippen molar-refractivity contribution in [3.8, 4) is 17.0 Å². The Morgan fingerprint density at radius 1 is 1.00 bits per heavy atom. The van der Waals surface area contributed by atoms with E-state index < -0.39 is 0 Å². The van der Waals surface area contributed by atoms with Gasteiger partial charge in [-0.05, 0) is 42.0 Å². The molecule has 0 N–H and O–H groups in total. The number of nitrogens with zero attached hydrogens (tertiary/aromatic N) is 4. The summed E-state index contributed by atoms with van der Waals surface area (Å²) in [4.78, 5) is 0. The summed E-state index contributed by atoms with van der Waals surface area (Å²) in [6.07, 6.45) is 0. The van der Waals surface area contributed by atoms with Crippen molar-refractivity contribution in [3.63, 3.8) is 0 Å². The third-order valence-corrected chi connectivity index (χ3v) is 5.14. The van der Waals surface area contributed by atoms with Gasteiger partial charge in [0.2, 0.25) is 5.16 Å². The smallest absolute Gasteiger partial charge is 0.212 e. The van der Waals surface area contributed by atoms with E-state index in [0.29, 0.717) is 5.65 Å². The SMILES string of the molecule is COc1ccccc1-c1ccc2nnc(SCc3ccc(Cl)cc3)n2n1. The van der Waals surface area contributed by atoms with E-state index in [2.05, 4.69) is 10.2 Å². The molecule has 0 bridgehead atoms. The Bertz CT molecular complexity index is 1050. The highest BCUT2D eigenvalue weighted by Gasteiger charge is 2.12. The van der Waals surface area contributed by atoms with E-state index in [1.54, 1.807) is 23.4 Å². The van der Waals surface area contributed by atoms with Crippen LogP contribution >= 0.6 is 23.4 Å². The van der Waals surface area contributed by atoms with Gasteiger partial charge >= 0.3 is 0 Å². The Kier molecular flexibility index (Phi) is 4.77. The summed E-state index contributed by atoms with van der Waals surface area (Å²) in [7, 11) is 1.66. The Morgan fingerprint density at radius 2 is 1.81 bits per heavy atom. The van der Waals surface area contributed by atoms with Gasteiger partial charge in [0.15, 0.2) is 5.65 Å². The Hall–Kier alpha value is -2.57. The molecule has 5 nitrogen and oxygen atoms in total. The molecular formula is C19H15ClN4OS. The molecule has 0 fully saturated rings. The molecule has 0 radical (unpaired) electrons. The third-order valence-electron chi connectivity index (χ3n) is 3.90. The maximum Gasteiger partial charge on any atom is 0.212 e. The second-order valence-electron chi connectivity index (χ2n) is 5.59. The fourth-order valence-electron chi connectivity index (χ4n) is 2.59. The summed E-state index contributed by atoms with van der Waals surface area (Å²) in [5.41, 5.74) is 3.61. The monoisotopic (exact) mass is 382 g/mol. The van der Waals surface area contributed by atoms with Crippen LogP contribution in [0.3, 0.4) is 0 Å². The number of aromatic nitrogens is 4. The van der Waals surface area contributed by atoms with Crippen LogP contribution in [0.2, 0.25) is 5.02 Å². The van der Waals surface area contributed by atoms with Gasteiger partial charge in [0.25, 0.3) is 0 Å². The molecule has 0 aliphatic rings. The number of halogens is 1. The maximum absolute atomic E-state index is 5.94. The minimum atomic E-state index is 0.710. The fourth-order valence-corrected chi connectivity index (χ4v) is 3.56. The van der Waals surface area contributed by atoms with Gasteiger partial charge in [0.05, 0.1) is 12.8 Å². The average molecular weight is 383 g/mol. The highest BCUT2D eigenvalue weighted by molar-refractivity contribution is 7.98. The van der Waals surface area contributed by atoms with Gasteiger partial charge in [0, 0.05) is 16.3 Å². The first kappa shape index (κ1) is 16.9. The van der Waals surface area contributed by atoms with E-state index in [4.69, 9.17) is 21.4 Å². The van der Waals surface area contributed by atoms with Crippen LogP contribution in [-0.2, 0) is 5.75 Å². The van der Waals surface area contributed by atoms with Crippen LogP contribution in [0.5, 0.6) is 5.75 Å². The lowest BCUT2D eigenvalue weighted by molar-refractivity contribution is 0.416. The van der Waals surface area contributed by atoms with Gasteiger partial charge in [-0.3, -0.25) is 0 Å². The minimum absolute atomic E-state index is 0.710. The predicted molar refractivity (Wildman–Crippen MR) is 104 cm³/mol. The molecule has 0 atom stereocenters. The molecule has 2 aromatic heterocycles. The van der Waals surface area contributed by atoms with Crippen LogP contribution < -0.4 is 4.74 Å². The van der Waals surface area contributed by atoms with E-state index in [0.717, 1.165) is 38.5 Å². The number of hydrogen-bond acceptors (Lipinski definition) is 5. The summed E-state index contributed by atoms with van der Waals surface area (Å²) in [6.45, 7) is 0. The van der Waals surface area contributed by atoms with Crippen molar-refractivity contribution in [3.05, 3.63) is 71.2 Å². The van der Waals surface area contributed by atoms with Crippen molar-refractivity contribution in [2.75, 3.05) is 7.11 Å². The van der Waals surface area contributed by atoms with Crippen molar-refractivity contribution in [2.24, 2.45) is 0 Å². The quantitative estimate of drug-likeness (QED) is 0.466. The first-order valence-electron chi connectivity index (χ1n) is 7.98. The number of ether oxygens (including phenoxy) is 1. The van der Waals surface area contributed by atoms with Gasteiger partial charge in [0.1, 0.15) is 5.75 Å². The van der Waals surface area contributed by atoms with Crippen molar-refractivity contribution >= 4 is 29.0 Å². The molecule has 130 valence electrons. The lowest BCUT2D eigenvalue weighted by atomic mass is 10.1. The summed E-state index contributed by atoms with van der Waals surface area (Å²) < 4.78 is 7.21. The largest absolute Gasteiger partial charge is 0.496 e. The zero-order chi connectivity index (χ0) is 17.9. The van der Waals surface area contributed by atoms with Gasteiger partial charge < -0.3 is 4.74 Å². The number of benzene rings is 2. The van der Waals surface area contributed by atoms with E-state index >= 15 is 0 Å².